The Kier molecular flexibility index (Phi) is 5.36. The molecule has 7 heteroatoms. The molecule has 4 N–H and O–H groups in total. The summed E-state index contributed by atoms with van der Waals surface area (Å²) in [5, 5.41) is 5.49. The molecule has 1 amide bonds. The molecule has 0 aliphatic rings. The van der Waals surface area contributed by atoms with Crippen molar-refractivity contribution in [1.82, 2.24) is 4.98 Å². The molecule has 0 aliphatic carbocycles. The SMILES string of the molecule is C#CCOC(=O)Nc1ccc(NCc2ccc(F)cc2)nc1N. The molecule has 1 aromatic heterocycles. The second-order valence-electron chi connectivity index (χ2n) is 4.51. The fourth-order valence-electron chi connectivity index (χ4n) is 1.73. The number of nitrogens with two attached hydrogens (primary N) is 1. The van der Waals surface area contributed by atoms with Gasteiger partial charge in [-0.05, 0) is 29.8 Å². The zero-order chi connectivity index (χ0) is 16.7. The third-order valence-electron chi connectivity index (χ3n) is 2.83. The lowest BCUT2D eigenvalue weighted by Crippen LogP contribution is -2.15. The first-order chi connectivity index (χ1) is 11.1. The van der Waals surface area contributed by atoms with E-state index in [4.69, 9.17) is 12.2 Å². The molecule has 0 unspecified atom stereocenters. The molecule has 0 aliphatic heterocycles. The van der Waals surface area contributed by atoms with Crippen molar-refractivity contribution in [2.45, 2.75) is 6.54 Å². The number of carbonyl (C=O) groups is 1. The van der Waals surface area contributed by atoms with Gasteiger partial charge in [-0.25, -0.2) is 14.2 Å². The maximum Gasteiger partial charge on any atom is 0.412 e. The number of nitrogen functional groups attached to an aromatic ring is 1. The number of aromatic nitrogens is 1. The maximum atomic E-state index is 12.8. The molecule has 0 bridgehead atoms. The first-order valence-electron chi connectivity index (χ1n) is 6.70. The molecule has 23 heavy (non-hydrogen) atoms. The molecular weight excluding hydrogens is 299 g/mol. The number of hydrogen-bond donors (Lipinski definition) is 3. The van der Waals surface area contributed by atoms with Crippen molar-refractivity contribution < 1.29 is 13.9 Å². The van der Waals surface area contributed by atoms with Gasteiger partial charge >= 0.3 is 6.09 Å². The molecule has 0 saturated heterocycles. The average molecular weight is 314 g/mol. The fourth-order valence-corrected chi connectivity index (χ4v) is 1.73. The van der Waals surface area contributed by atoms with Crippen molar-refractivity contribution in [1.29, 1.82) is 0 Å². The van der Waals surface area contributed by atoms with E-state index in [0.29, 0.717) is 18.1 Å². The molecule has 1 aromatic carbocycles. The number of ether oxygens (including phenoxy) is 1. The van der Waals surface area contributed by atoms with Gasteiger partial charge in [-0.2, -0.15) is 0 Å². The predicted molar refractivity (Wildman–Crippen MR) is 86.2 cm³/mol. The number of carbonyl (C=O) groups excluding carboxylic acids is 1. The van der Waals surface area contributed by atoms with E-state index in [-0.39, 0.29) is 18.2 Å². The van der Waals surface area contributed by atoms with Crippen LogP contribution < -0.4 is 16.4 Å². The first-order valence-corrected chi connectivity index (χ1v) is 6.70. The van der Waals surface area contributed by atoms with Crippen LogP contribution in [0.2, 0.25) is 0 Å². The van der Waals surface area contributed by atoms with E-state index in [9.17, 15) is 9.18 Å². The number of amides is 1. The Morgan fingerprint density at radius 3 is 2.70 bits per heavy atom. The molecule has 0 fully saturated rings. The largest absolute Gasteiger partial charge is 0.436 e. The smallest absolute Gasteiger partial charge is 0.412 e. The zero-order valence-corrected chi connectivity index (χ0v) is 12.2. The number of pyridine rings is 1. The minimum atomic E-state index is -0.705. The summed E-state index contributed by atoms with van der Waals surface area (Å²) in [5.41, 5.74) is 6.99. The number of rotatable bonds is 5. The fraction of sp³-hybridized carbons (Fsp3) is 0.125. The lowest BCUT2D eigenvalue weighted by atomic mass is 10.2. The minimum Gasteiger partial charge on any atom is -0.436 e. The van der Waals surface area contributed by atoms with Crippen LogP contribution in [0.5, 0.6) is 0 Å². The Labute approximate surface area is 132 Å². The quantitative estimate of drug-likeness (QED) is 0.738. The van der Waals surface area contributed by atoms with Gasteiger partial charge in [-0.1, -0.05) is 18.1 Å². The lowest BCUT2D eigenvalue weighted by Gasteiger charge is -2.10. The Morgan fingerprint density at radius 2 is 2.04 bits per heavy atom. The number of anilines is 3. The molecular formula is C16H15FN4O2. The van der Waals surface area contributed by atoms with E-state index < -0.39 is 6.09 Å². The number of nitrogens with zero attached hydrogens (tertiary/aromatic N) is 1. The Morgan fingerprint density at radius 1 is 1.30 bits per heavy atom. The van der Waals surface area contributed by atoms with Crippen molar-refractivity contribution in [3.8, 4) is 12.3 Å². The van der Waals surface area contributed by atoms with Gasteiger partial charge in [-0.3, -0.25) is 5.32 Å². The summed E-state index contributed by atoms with van der Waals surface area (Å²) in [4.78, 5) is 15.5. The molecule has 0 spiro atoms. The normalized spacial score (nSPS) is 9.74. The van der Waals surface area contributed by atoms with Gasteiger partial charge in [0.1, 0.15) is 17.5 Å². The number of halogens is 1. The highest BCUT2D eigenvalue weighted by molar-refractivity contribution is 5.88. The summed E-state index contributed by atoms with van der Waals surface area (Å²) in [5.74, 6) is 2.55. The van der Waals surface area contributed by atoms with Crippen molar-refractivity contribution in [2.24, 2.45) is 0 Å². The highest BCUT2D eigenvalue weighted by Gasteiger charge is 2.07. The van der Waals surface area contributed by atoms with Gasteiger partial charge < -0.3 is 15.8 Å². The number of hydrogen-bond acceptors (Lipinski definition) is 5. The molecule has 0 atom stereocenters. The van der Waals surface area contributed by atoms with Gasteiger partial charge in [0, 0.05) is 6.54 Å². The van der Waals surface area contributed by atoms with Crippen LogP contribution in [-0.2, 0) is 11.3 Å². The van der Waals surface area contributed by atoms with Crippen LogP contribution in [0.3, 0.4) is 0 Å². The molecule has 1 heterocycles. The number of terminal acetylenes is 1. The van der Waals surface area contributed by atoms with E-state index in [1.54, 1.807) is 24.3 Å². The van der Waals surface area contributed by atoms with E-state index in [1.807, 2.05) is 0 Å². The number of nitrogens with one attached hydrogen (secondary N) is 2. The van der Waals surface area contributed by atoms with Crippen molar-refractivity contribution in [3.05, 3.63) is 47.8 Å². The minimum absolute atomic E-state index is 0.128. The van der Waals surface area contributed by atoms with Crippen LogP contribution in [0.1, 0.15) is 5.56 Å². The van der Waals surface area contributed by atoms with Crippen LogP contribution in [0.25, 0.3) is 0 Å². The van der Waals surface area contributed by atoms with Crippen LogP contribution in [0, 0.1) is 18.2 Å². The van der Waals surface area contributed by atoms with Gasteiger partial charge in [0.15, 0.2) is 6.61 Å². The van der Waals surface area contributed by atoms with Crippen molar-refractivity contribution >= 4 is 23.4 Å². The molecule has 2 aromatic rings. The van der Waals surface area contributed by atoms with Crippen LogP contribution in [0.15, 0.2) is 36.4 Å². The van der Waals surface area contributed by atoms with Gasteiger partial charge in [0.2, 0.25) is 0 Å². The third-order valence-corrected chi connectivity index (χ3v) is 2.83. The highest BCUT2D eigenvalue weighted by Crippen LogP contribution is 2.19. The third kappa shape index (κ3) is 4.89. The second kappa shape index (κ2) is 7.66. The summed E-state index contributed by atoms with van der Waals surface area (Å²) >= 11 is 0. The molecule has 0 radical (unpaired) electrons. The second-order valence-corrected chi connectivity index (χ2v) is 4.51. The predicted octanol–water partition coefficient (Wildman–Crippen LogP) is 2.60. The molecule has 118 valence electrons. The summed E-state index contributed by atoms with van der Waals surface area (Å²) in [7, 11) is 0. The molecule has 0 saturated carbocycles. The van der Waals surface area contributed by atoms with Crippen LogP contribution in [-0.4, -0.2) is 17.7 Å². The number of benzene rings is 1. The highest BCUT2D eigenvalue weighted by atomic mass is 19.1. The van der Waals surface area contributed by atoms with Crippen molar-refractivity contribution in [3.63, 3.8) is 0 Å². The van der Waals surface area contributed by atoms with Crippen LogP contribution in [0.4, 0.5) is 26.5 Å². The Hall–Kier alpha value is -3.27. The first kappa shape index (κ1) is 16.1. The Balaban J connectivity index is 1.94. The Bertz CT molecular complexity index is 726. The standard InChI is InChI=1S/C16H15FN4O2/c1-2-9-23-16(22)20-13-7-8-14(21-15(13)18)19-10-11-3-5-12(17)6-4-11/h1,3-8H,9-10H2,(H,20,22)(H3,18,19,21). The van der Waals surface area contributed by atoms with Gasteiger partial charge in [0.05, 0.1) is 5.69 Å². The van der Waals surface area contributed by atoms with Crippen LogP contribution >= 0.6 is 0 Å². The molecule has 6 nitrogen and oxygen atoms in total. The average Bonchev–Trinajstić information content (AvgIpc) is 2.54. The summed E-state index contributed by atoms with van der Waals surface area (Å²) in [6.45, 7) is 0.334. The molecule has 2 rings (SSSR count). The maximum absolute atomic E-state index is 12.8. The van der Waals surface area contributed by atoms with Gasteiger partial charge in [0.25, 0.3) is 0 Å². The zero-order valence-electron chi connectivity index (χ0n) is 12.2. The van der Waals surface area contributed by atoms with E-state index in [0.717, 1.165) is 5.56 Å². The van der Waals surface area contributed by atoms with E-state index in [2.05, 4.69) is 26.3 Å². The summed E-state index contributed by atoms with van der Waals surface area (Å²) < 4.78 is 17.5. The summed E-state index contributed by atoms with van der Waals surface area (Å²) in [6.07, 6.45) is 4.28. The van der Waals surface area contributed by atoms with Crippen molar-refractivity contribution in [2.75, 3.05) is 23.0 Å². The summed E-state index contributed by atoms with van der Waals surface area (Å²) in [6, 6.07) is 9.34. The monoisotopic (exact) mass is 314 g/mol. The topological polar surface area (TPSA) is 89.3 Å². The van der Waals surface area contributed by atoms with E-state index in [1.165, 1.54) is 12.1 Å². The lowest BCUT2D eigenvalue weighted by molar-refractivity contribution is 0.176. The van der Waals surface area contributed by atoms with Gasteiger partial charge in [-0.15, -0.1) is 6.42 Å². The van der Waals surface area contributed by atoms with E-state index >= 15 is 0 Å².